The maximum Gasteiger partial charge on any atom is 0.122 e. The smallest absolute Gasteiger partial charge is 0.122 e. The lowest BCUT2D eigenvalue weighted by Gasteiger charge is -2.10. The minimum Gasteiger partial charge on any atom is -0.493 e. The molecule has 0 amide bonds. The van der Waals surface area contributed by atoms with Gasteiger partial charge in [-0.05, 0) is 24.3 Å². The SMILES string of the molecule is Nc1cc(Cl)ccc1SCC1COc2ccccc21. The molecule has 0 fully saturated rings. The lowest BCUT2D eigenvalue weighted by Crippen LogP contribution is -2.03. The Balaban J connectivity index is 1.71. The van der Waals surface area contributed by atoms with Crippen molar-refractivity contribution in [2.24, 2.45) is 0 Å². The molecule has 1 heterocycles. The summed E-state index contributed by atoms with van der Waals surface area (Å²) >= 11 is 7.65. The van der Waals surface area contributed by atoms with Crippen LogP contribution in [0.2, 0.25) is 5.02 Å². The van der Waals surface area contributed by atoms with Gasteiger partial charge in [-0.2, -0.15) is 0 Å². The van der Waals surface area contributed by atoms with Crippen molar-refractivity contribution in [2.45, 2.75) is 10.8 Å². The molecular formula is C15H14ClNOS. The van der Waals surface area contributed by atoms with E-state index in [9.17, 15) is 0 Å². The number of benzene rings is 2. The third kappa shape index (κ3) is 2.67. The Labute approximate surface area is 121 Å². The van der Waals surface area contributed by atoms with E-state index in [0.29, 0.717) is 10.9 Å². The number of para-hydroxylation sites is 1. The van der Waals surface area contributed by atoms with Crippen molar-refractivity contribution in [3.8, 4) is 5.75 Å². The zero-order valence-electron chi connectivity index (χ0n) is 10.3. The first-order valence-corrected chi connectivity index (χ1v) is 7.50. The van der Waals surface area contributed by atoms with E-state index in [1.54, 1.807) is 17.8 Å². The normalized spacial score (nSPS) is 17.0. The largest absolute Gasteiger partial charge is 0.493 e. The van der Waals surface area contributed by atoms with Crippen LogP contribution >= 0.6 is 23.4 Å². The molecule has 4 heteroatoms. The van der Waals surface area contributed by atoms with E-state index in [0.717, 1.165) is 28.7 Å². The highest BCUT2D eigenvalue weighted by atomic mass is 35.5. The highest BCUT2D eigenvalue weighted by molar-refractivity contribution is 7.99. The first kappa shape index (κ1) is 12.7. The van der Waals surface area contributed by atoms with Crippen molar-refractivity contribution in [3.63, 3.8) is 0 Å². The van der Waals surface area contributed by atoms with Gasteiger partial charge in [0, 0.05) is 32.8 Å². The van der Waals surface area contributed by atoms with Gasteiger partial charge >= 0.3 is 0 Å². The topological polar surface area (TPSA) is 35.2 Å². The molecule has 0 radical (unpaired) electrons. The monoisotopic (exact) mass is 291 g/mol. The number of hydrogen-bond donors (Lipinski definition) is 1. The van der Waals surface area contributed by atoms with E-state index in [-0.39, 0.29) is 0 Å². The van der Waals surface area contributed by atoms with Gasteiger partial charge in [-0.1, -0.05) is 29.8 Å². The molecule has 1 unspecified atom stereocenters. The summed E-state index contributed by atoms with van der Waals surface area (Å²) in [5, 5.41) is 0.677. The van der Waals surface area contributed by atoms with Gasteiger partial charge in [0.2, 0.25) is 0 Å². The number of ether oxygens (including phenoxy) is 1. The lowest BCUT2D eigenvalue weighted by molar-refractivity contribution is 0.339. The van der Waals surface area contributed by atoms with Crippen molar-refractivity contribution in [2.75, 3.05) is 18.1 Å². The average Bonchev–Trinajstić information content (AvgIpc) is 2.81. The van der Waals surface area contributed by atoms with E-state index in [2.05, 4.69) is 12.1 Å². The van der Waals surface area contributed by atoms with Gasteiger partial charge in [0.25, 0.3) is 0 Å². The van der Waals surface area contributed by atoms with Gasteiger partial charge in [-0.15, -0.1) is 11.8 Å². The molecule has 1 aliphatic heterocycles. The second-order valence-corrected chi connectivity index (χ2v) is 6.04. The summed E-state index contributed by atoms with van der Waals surface area (Å²) in [5.74, 6) is 2.40. The first-order chi connectivity index (χ1) is 9.24. The fourth-order valence-electron chi connectivity index (χ4n) is 2.21. The van der Waals surface area contributed by atoms with Crippen LogP contribution in [0.1, 0.15) is 11.5 Å². The molecule has 1 aliphatic rings. The zero-order chi connectivity index (χ0) is 13.2. The molecule has 0 saturated carbocycles. The summed E-state index contributed by atoms with van der Waals surface area (Å²) in [7, 11) is 0. The van der Waals surface area contributed by atoms with E-state index >= 15 is 0 Å². The summed E-state index contributed by atoms with van der Waals surface area (Å²) in [4.78, 5) is 1.08. The van der Waals surface area contributed by atoms with Gasteiger partial charge in [-0.25, -0.2) is 0 Å². The van der Waals surface area contributed by atoms with E-state index in [4.69, 9.17) is 22.1 Å². The summed E-state index contributed by atoms with van der Waals surface area (Å²) in [6.07, 6.45) is 0. The van der Waals surface area contributed by atoms with Crippen molar-refractivity contribution in [1.29, 1.82) is 0 Å². The molecule has 19 heavy (non-hydrogen) atoms. The van der Waals surface area contributed by atoms with Crippen LogP contribution in [0.3, 0.4) is 0 Å². The molecule has 1 atom stereocenters. The number of nitrogen functional groups attached to an aromatic ring is 1. The molecular weight excluding hydrogens is 278 g/mol. The summed E-state index contributed by atoms with van der Waals surface area (Å²) in [6, 6.07) is 13.9. The Morgan fingerprint density at radius 3 is 2.95 bits per heavy atom. The second kappa shape index (κ2) is 5.35. The molecule has 2 aromatic carbocycles. The Kier molecular flexibility index (Phi) is 3.58. The molecule has 0 aliphatic carbocycles. The van der Waals surface area contributed by atoms with Gasteiger partial charge in [0.05, 0.1) is 6.61 Å². The first-order valence-electron chi connectivity index (χ1n) is 6.13. The standard InChI is InChI=1S/C15H14ClNOS/c16-11-5-6-15(13(17)7-11)19-9-10-8-18-14-4-2-1-3-12(10)14/h1-7,10H,8-9,17H2. The van der Waals surface area contributed by atoms with Crippen LogP contribution in [0.25, 0.3) is 0 Å². The third-order valence-electron chi connectivity index (χ3n) is 3.21. The maximum atomic E-state index is 5.96. The minimum atomic E-state index is 0.427. The predicted octanol–water partition coefficient (Wildman–Crippen LogP) is 4.19. The molecule has 3 rings (SSSR count). The molecule has 0 saturated heterocycles. The van der Waals surface area contributed by atoms with E-state index < -0.39 is 0 Å². The quantitative estimate of drug-likeness (QED) is 0.680. The molecule has 0 aromatic heterocycles. The number of rotatable bonds is 3. The number of hydrogen-bond acceptors (Lipinski definition) is 3. The number of nitrogens with two attached hydrogens (primary N) is 1. The third-order valence-corrected chi connectivity index (χ3v) is 4.70. The van der Waals surface area contributed by atoms with Crippen LogP contribution in [0.4, 0.5) is 5.69 Å². The van der Waals surface area contributed by atoms with Crippen LogP contribution < -0.4 is 10.5 Å². The molecule has 2 nitrogen and oxygen atoms in total. The molecule has 2 aromatic rings. The van der Waals surface area contributed by atoms with Crippen LogP contribution in [-0.4, -0.2) is 12.4 Å². The van der Waals surface area contributed by atoms with Crippen LogP contribution in [0, 0.1) is 0 Å². The maximum absolute atomic E-state index is 5.96. The van der Waals surface area contributed by atoms with Gasteiger partial charge in [0.15, 0.2) is 0 Å². The van der Waals surface area contributed by atoms with E-state index in [1.165, 1.54) is 5.56 Å². The summed E-state index contributed by atoms with van der Waals surface area (Å²) < 4.78 is 5.68. The van der Waals surface area contributed by atoms with Gasteiger partial charge in [0.1, 0.15) is 5.75 Å². The Hall–Kier alpha value is -1.32. The molecule has 98 valence electrons. The van der Waals surface area contributed by atoms with Gasteiger partial charge in [-0.3, -0.25) is 0 Å². The Morgan fingerprint density at radius 2 is 2.11 bits per heavy atom. The summed E-state index contributed by atoms with van der Waals surface area (Å²) in [5.41, 5.74) is 8.00. The molecule has 0 bridgehead atoms. The Morgan fingerprint density at radius 1 is 1.26 bits per heavy atom. The highest BCUT2D eigenvalue weighted by Crippen LogP contribution is 2.38. The number of thioether (sulfide) groups is 1. The fraction of sp³-hybridized carbons (Fsp3) is 0.200. The van der Waals surface area contributed by atoms with Crippen molar-refractivity contribution < 1.29 is 4.74 Å². The summed E-state index contributed by atoms with van der Waals surface area (Å²) in [6.45, 7) is 0.750. The second-order valence-electron chi connectivity index (χ2n) is 4.54. The van der Waals surface area contributed by atoms with Crippen LogP contribution in [0.15, 0.2) is 47.4 Å². The number of anilines is 1. The zero-order valence-corrected chi connectivity index (χ0v) is 11.9. The van der Waals surface area contributed by atoms with Crippen molar-refractivity contribution in [1.82, 2.24) is 0 Å². The molecule has 2 N–H and O–H groups in total. The van der Waals surface area contributed by atoms with E-state index in [1.807, 2.05) is 24.3 Å². The van der Waals surface area contributed by atoms with Crippen molar-refractivity contribution >= 4 is 29.1 Å². The van der Waals surface area contributed by atoms with Crippen LogP contribution in [-0.2, 0) is 0 Å². The van der Waals surface area contributed by atoms with Crippen molar-refractivity contribution in [3.05, 3.63) is 53.1 Å². The molecule has 0 spiro atoms. The highest BCUT2D eigenvalue weighted by Gasteiger charge is 2.23. The average molecular weight is 292 g/mol. The predicted molar refractivity (Wildman–Crippen MR) is 81.3 cm³/mol. The van der Waals surface area contributed by atoms with Gasteiger partial charge < -0.3 is 10.5 Å². The lowest BCUT2D eigenvalue weighted by atomic mass is 10.0. The fourth-order valence-corrected chi connectivity index (χ4v) is 3.44. The number of fused-ring (bicyclic) bond motifs is 1. The minimum absolute atomic E-state index is 0.427. The Bertz CT molecular complexity index is 602. The number of halogens is 1. The van der Waals surface area contributed by atoms with Crippen LogP contribution in [0.5, 0.6) is 5.75 Å².